The van der Waals surface area contributed by atoms with Crippen LogP contribution in [-0.2, 0) is 25.6 Å². The first kappa shape index (κ1) is 28.9. The summed E-state index contributed by atoms with van der Waals surface area (Å²) in [5.41, 5.74) is 6.77. The van der Waals surface area contributed by atoms with Gasteiger partial charge in [-0.2, -0.15) is 0 Å². The highest BCUT2D eigenvalue weighted by Crippen LogP contribution is 2.12. The number of carboxylic acid groups (broad SMARTS) is 1. The van der Waals surface area contributed by atoms with Crippen molar-refractivity contribution in [2.75, 3.05) is 0 Å². The van der Waals surface area contributed by atoms with Gasteiger partial charge in [-0.1, -0.05) is 46.2 Å². The van der Waals surface area contributed by atoms with E-state index >= 15 is 0 Å². The van der Waals surface area contributed by atoms with Gasteiger partial charge in [-0.15, -0.1) is 0 Å². The van der Waals surface area contributed by atoms with Gasteiger partial charge in [0.25, 0.3) is 0 Å². The zero-order chi connectivity index (χ0) is 26.0. The Balaban J connectivity index is 2.79. The first-order chi connectivity index (χ1) is 15.8. The van der Waals surface area contributed by atoms with Crippen molar-refractivity contribution in [1.29, 1.82) is 0 Å². The molecule has 0 radical (unpaired) electrons. The summed E-state index contributed by atoms with van der Waals surface area (Å²) in [5, 5.41) is 26.4. The predicted molar refractivity (Wildman–Crippen MR) is 128 cm³/mol. The lowest BCUT2D eigenvalue weighted by Crippen LogP contribution is -2.57. The molecule has 0 aromatic heterocycles. The van der Waals surface area contributed by atoms with Gasteiger partial charge < -0.3 is 31.9 Å². The number of aliphatic carboxylic acids is 1. The first-order valence-corrected chi connectivity index (χ1v) is 11.5. The van der Waals surface area contributed by atoms with Gasteiger partial charge in [0.05, 0.1) is 6.04 Å². The minimum Gasteiger partial charge on any atom is -0.508 e. The fourth-order valence-electron chi connectivity index (χ4n) is 3.30. The molecule has 0 heterocycles. The molecule has 190 valence electrons. The summed E-state index contributed by atoms with van der Waals surface area (Å²) in [4.78, 5) is 49.5. The summed E-state index contributed by atoms with van der Waals surface area (Å²) >= 11 is 0. The molecule has 3 amide bonds. The Morgan fingerprint density at radius 1 is 0.912 bits per heavy atom. The zero-order valence-electron chi connectivity index (χ0n) is 20.5. The summed E-state index contributed by atoms with van der Waals surface area (Å²) in [6.45, 7) is 8.78. The molecule has 10 heteroatoms. The van der Waals surface area contributed by atoms with E-state index in [0.29, 0.717) is 12.8 Å². The number of phenols is 1. The standard InChI is InChI=1S/C24H38N4O6/c1-6-14(4)20(24(33)34)28-21(30)15(5)26-23(32)19(11-13(2)3)27-22(31)18(25)12-16-7-9-17(29)10-8-16/h7-10,13-15,18-20,29H,6,11-12,25H2,1-5H3,(H,26,32)(H,27,31)(H,28,30)(H,33,34). The van der Waals surface area contributed by atoms with Crippen molar-refractivity contribution in [3.05, 3.63) is 29.8 Å². The number of benzene rings is 1. The fourth-order valence-corrected chi connectivity index (χ4v) is 3.30. The second kappa shape index (κ2) is 13.5. The number of carbonyl (C=O) groups excluding carboxylic acids is 3. The average Bonchev–Trinajstić information content (AvgIpc) is 2.76. The lowest BCUT2D eigenvalue weighted by molar-refractivity contribution is -0.143. The van der Waals surface area contributed by atoms with Gasteiger partial charge in [0, 0.05) is 0 Å². The van der Waals surface area contributed by atoms with Crippen LogP contribution in [0.5, 0.6) is 5.75 Å². The Hall–Kier alpha value is -3.14. The average molecular weight is 479 g/mol. The Morgan fingerprint density at radius 3 is 2.00 bits per heavy atom. The van der Waals surface area contributed by atoms with Gasteiger partial charge in [0.1, 0.15) is 23.9 Å². The fraction of sp³-hybridized carbons (Fsp3) is 0.583. The van der Waals surface area contributed by atoms with Crippen LogP contribution in [0.4, 0.5) is 0 Å². The van der Waals surface area contributed by atoms with Crippen LogP contribution in [0.3, 0.4) is 0 Å². The van der Waals surface area contributed by atoms with E-state index in [9.17, 15) is 29.4 Å². The van der Waals surface area contributed by atoms with Crippen LogP contribution in [0.15, 0.2) is 24.3 Å². The number of carboxylic acids is 1. The number of carbonyl (C=O) groups is 4. The van der Waals surface area contributed by atoms with Gasteiger partial charge in [0.2, 0.25) is 17.7 Å². The number of amides is 3. The number of hydrogen-bond acceptors (Lipinski definition) is 6. The van der Waals surface area contributed by atoms with Crippen LogP contribution >= 0.6 is 0 Å². The lowest BCUT2D eigenvalue weighted by atomic mass is 9.99. The molecule has 10 nitrogen and oxygen atoms in total. The van der Waals surface area contributed by atoms with Crippen molar-refractivity contribution < 1.29 is 29.4 Å². The number of rotatable bonds is 13. The van der Waals surface area contributed by atoms with E-state index in [1.165, 1.54) is 19.1 Å². The molecule has 0 aliphatic carbocycles. The molecule has 34 heavy (non-hydrogen) atoms. The van der Waals surface area contributed by atoms with Crippen molar-refractivity contribution in [2.24, 2.45) is 17.6 Å². The lowest BCUT2D eigenvalue weighted by Gasteiger charge is -2.25. The van der Waals surface area contributed by atoms with Crippen molar-refractivity contribution in [2.45, 2.75) is 78.0 Å². The van der Waals surface area contributed by atoms with E-state index < -0.39 is 47.9 Å². The van der Waals surface area contributed by atoms with Crippen molar-refractivity contribution >= 4 is 23.7 Å². The predicted octanol–water partition coefficient (Wildman–Crippen LogP) is 0.913. The number of phenolic OH excluding ortho intramolecular Hbond substituents is 1. The summed E-state index contributed by atoms with van der Waals surface area (Å²) < 4.78 is 0. The normalized spacial score (nSPS) is 15.5. The summed E-state index contributed by atoms with van der Waals surface area (Å²) in [6, 6.07) is 2.40. The highest BCUT2D eigenvalue weighted by Gasteiger charge is 2.30. The number of aromatic hydroxyl groups is 1. The Labute approximate surface area is 200 Å². The molecular formula is C24H38N4O6. The summed E-state index contributed by atoms with van der Waals surface area (Å²) in [7, 11) is 0. The third-order valence-corrected chi connectivity index (χ3v) is 5.60. The third kappa shape index (κ3) is 9.38. The Kier molecular flexibility index (Phi) is 11.5. The Bertz CT molecular complexity index is 842. The van der Waals surface area contributed by atoms with E-state index in [2.05, 4.69) is 16.0 Å². The van der Waals surface area contributed by atoms with Crippen LogP contribution in [0, 0.1) is 11.8 Å². The molecular weight excluding hydrogens is 440 g/mol. The van der Waals surface area contributed by atoms with Gasteiger partial charge in [-0.05, 0) is 49.3 Å². The molecule has 1 aromatic carbocycles. The topological polar surface area (TPSA) is 171 Å². The molecule has 0 saturated heterocycles. The van der Waals surface area contributed by atoms with Crippen LogP contribution in [0.25, 0.3) is 0 Å². The molecule has 5 atom stereocenters. The number of nitrogens with two attached hydrogens (primary N) is 1. The van der Waals surface area contributed by atoms with E-state index in [1.807, 2.05) is 20.8 Å². The monoisotopic (exact) mass is 478 g/mol. The Morgan fingerprint density at radius 2 is 1.50 bits per heavy atom. The second-order valence-electron chi connectivity index (χ2n) is 9.11. The highest BCUT2D eigenvalue weighted by molar-refractivity contribution is 5.94. The maximum Gasteiger partial charge on any atom is 0.326 e. The first-order valence-electron chi connectivity index (χ1n) is 11.5. The summed E-state index contributed by atoms with van der Waals surface area (Å²) in [5.74, 6) is -2.96. The second-order valence-corrected chi connectivity index (χ2v) is 9.11. The smallest absolute Gasteiger partial charge is 0.326 e. The van der Waals surface area contributed by atoms with Crippen LogP contribution < -0.4 is 21.7 Å². The maximum atomic E-state index is 12.9. The van der Waals surface area contributed by atoms with Gasteiger partial charge in [-0.25, -0.2) is 4.79 Å². The van der Waals surface area contributed by atoms with Crippen molar-refractivity contribution in [1.82, 2.24) is 16.0 Å². The molecule has 0 saturated carbocycles. The SMILES string of the molecule is CCC(C)C(NC(=O)C(C)NC(=O)C(CC(C)C)NC(=O)C(N)Cc1ccc(O)cc1)C(=O)O. The van der Waals surface area contributed by atoms with Crippen LogP contribution in [0.2, 0.25) is 0 Å². The van der Waals surface area contributed by atoms with Crippen LogP contribution in [0.1, 0.15) is 53.0 Å². The minimum atomic E-state index is -1.14. The van der Waals surface area contributed by atoms with E-state index in [-0.39, 0.29) is 24.0 Å². The van der Waals surface area contributed by atoms with E-state index in [0.717, 1.165) is 5.56 Å². The molecule has 0 aliphatic rings. The van der Waals surface area contributed by atoms with Crippen molar-refractivity contribution in [3.63, 3.8) is 0 Å². The molecule has 1 rings (SSSR count). The molecule has 5 unspecified atom stereocenters. The highest BCUT2D eigenvalue weighted by atomic mass is 16.4. The minimum absolute atomic E-state index is 0.0651. The summed E-state index contributed by atoms with van der Waals surface area (Å²) in [6.07, 6.45) is 1.10. The quantitative estimate of drug-likeness (QED) is 0.245. The number of hydrogen-bond donors (Lipinski definition) is 6. The molecule has 0 spiro atoms. The molecule has 0 bridgehead atoms. The van der Waals surface area contributed by atoms with Gasteiger partial charge >= 0.3 is 5.97 Å². The van der Waals surface area contributed by atoms with E-state index in [4.69, 9.17) is 5.73 Å². The molecule has 1 aromatic rings. The largest absolute Gasteiger partial charge is 0.508 e. The molecule has 7 N–H and O–H groups in total. The van der Waals surface area contributed by atoms with Gasteiger partial charge in [0.15, 0.2) is 0 Å². The van der Waals surface area contributed by atoms with Crippen molar-refractivity contribution in [3.8, 4) is 5.75 Å². The van der Waals surface area contributed by atoms with Gasteiger partial charge in [-0.3, -0.25) is 14.4 Å². The molecule has 0 fully saturated rings. The maximum absolute atomic E-state index is 12.9. The molecule has 0 aliphatic heterocycles. The van der Waals surface area contributed by atoms with E-state index in [1.54, 1.807) is 19.1 Å². The zero-order valence-corrected chi connectivity index (χ0v) is 20.5. The third-order valence-electron chi connectivity index (χ3n) is 5.60. The number of nitrogens with one attached hydrogen (secondary N) is 3. The van der Waals surface area contributed by atoms with Crippen LogP contribution in [-0.4, -0.2) is 58.1 Å².